The number of nitrogens with zero attached hydrogens (tertiary/aromatic N) is 2. The van der Waals surface area contributed by atoms with Crippen molar-refractivity contribution in [2.75, 3.05) is 32.7 Å². The minimum Gasteiger partial charge on any atom is -0.303 e. The zero-order valence-corrected chi connectivity index (χ0v) is 15.7. The molecule has 0 fully saturated rings. The lowest BCUT2D eigenvalue weighted by Crippen LogP contribution is -2.40. The first kappa shape index (κ1) is 20.1. The summed E-state index contributed by atoms with van der Waals surface area (Å²) in [6.45, 7) is 13.0. The predicted octanol–water partition coefficient (Wildman–Crippen LogP) is 3.12. The highest BCUT2D eigenvalue weighted by atomic mass is 32.2. The van der Waals surface area contributed by atoms with E-state index in [4.69, 9.17) is 0 Å². The van der Waals surface area contributed by atoms with Crippen molar-refractivity contribution < 1.29 is 12.8 Å². The molecular formula is C17H29FN2O2S. The van der Waals surface area contributed by atoms with Gasteiger partial charge in [-0.3, -0.25) is 0 Å². The van der Waals surface area contributed by atoms with Crippen molar-refractivity contribution >= 4 is 10.0 Å². The third kappa shape index (κ3) is 5.55. The Bertz CT molecular complexity index is 599. The molecule has 0 saturated heterocycles. The molecule has 0 N–H and O–H groups in total. The summed E-state index contributed by atoms with van der Waals surface area (Å²) in [5, 5.41) is 0. The van der Waals surface area contributed by atoms with Crippen LogP contribution in [-0.2, 0) is 10.0 Å². The van der Waals surface area contributed by atoms with E-state index in [2.05, 4.69) is 18.7 Å². The number of sulfonamides is 1. The van der Waals surface area contributed by atoms with Gasteiger partial charge in [0, 0.05) is 19.6 Å². The predicted molar refractivity (Wildman–Crippen MR) is 92.5 cm³/mol. The van der Waals surface area contributed by atoms with Crippen molar-refractivity contribution in [3.8, 4) is 0 Å². The largest absolute Gasteiger partial charge is 0.303 e. The standard InChI is InChI=1S/C17H29FN2O2S/c1-6-19(7-2)10-11-20(13-14(3)4)23(21,22)16-9-8-15(5)17(18)12-16/h8-9,12,14H,6-7,10-11,13H2,1-5H3. The number of rotatable bonds is 9. The zero-order chi connectivity index (χ0) is 17.6. The molecule has 4 nitrogen and oxygen atoms in total. The molecule has 0 aliphatic heterocycles. The maximum Gasteiger partial charge on any atom is 0.243 e. The number of aryl methyl sites for hydroxylation is 1. The molecule has 0 radical (unpaired) electrons. The fourth-order valence-corrected chi connectivity index (χ4v) is 4.00. The summed E-state index contributed by atoms with van der Waals surface area (Å²) in [7, 11) is -3.68. The number of likely N-dealkylation sites (N-methyl/N-ethyl adjacent to an activating group) is 1. The minimum absolute atomic E-state index is 0.0285. The van der Waals surface area contributed by atoms with Crippen LogP contribution in [0.4, 0.5) is 4.39 Å². The fourth-order valence-electron chi connectivity index (χ4n) is 2.39. The van der Waals surface area contributed by atoms with Gasteiger partial charge in [0.15, 0.2) is 0 Å². The van der Waals surface area contributed by atoms with Crippen LogP contribution in [0.1, 0.15) is 33.3 Å². The Kier molecular flexibility index (Phi) is 7.64. The molecule has 0 spiro atoms. The molecule has 1 rings (SSSR count). The van der Waals surface area contributed by atoms with Gasteiger partial charge in [-0.15, -0.1) is 0 Å². The van der Waals surface area contributed by atoms with Crippen LogP contribution in [0, 0.1) is 18.7 Å². The highest BCUT2D eigenvalue weighted by molar-refractivity contribution is 7.89. The molecule has 1 aromatic carbocycles. The molecule has 0 bridgehead atoms. The lowest BCUT2D eigenvalue weighted by Gasteiger charge is -2.27. The topological polar surface area (TPSA) is 40.6 Å². The van der Waals surface area contributed by atoms with Crippen LogP contribution in [-0.4, -0.2) is 50.3 Å². The highest BCUT2D eigenvalue weighted by Gasteiger charge is 2.26. The third-order valence-electron chi connectivity index (χ3n) is 3.91. The Hall–Kier alpha value is -0.980. The maximum absolute atomic E-state index is 13.8. The molecule has 0 aliphatic carbocycles. The van der Waals surface area contributed by atoms with E-state index in [0.29, 0.717) is 25.2 Å². The van der Waals surface area contributed by atoms with Gasteiger partial charge in [-0.05, 0) is 43.6 Å². The van der Waals surface area contributed by atoms with Gasteiger partial charge >= 0.3 is 0 Å². The second kappa shape index (κ2) is 8.76. The van der Waals surface area contributed by atoms with E-state index in [-0.39, 0.29) is 10.8 Å². The van der Waals surface area contributed by atoms with E-state index in [1.165, 1.54) is 16.4 Å². The first-order valence-corrected chi connectivity index (χ1v) is 9.65. The second-order valence-electron chi connectivity index (χ2n) is 6.19. The first-order chi connectivity index (χ1) is 10.7. The molecule has 0 saturated carbocycles. The normalized spacial score (nSPS) is 12.6. The van der Waals surface area contributed by atoms with E-state index in [1.807, 2.05) is 13.8 Å². The van der Waals surface area contributed by atoms with E-state index in [1.54, 1.807) is 6.92 Å². The van der Waals surface area contributed by atoms with Gasteiger partial charge in [0.25, 0.3) is 0 Å². The molecule has 6 heteroatoms. The number of halogens is 1. The molecule has 0 aliphatic rings. The van der Waals surface area contributed by atoms with E-state index < -0.39 is 15.8 Å². The smallest absolute Gasteiger partial charge is 0.243 e. The fraction of sp³-hybridized carbons (Fsp3) is 0.647. The number of benzene rings is 1. The third-order valence-corrected chi connectivity index (χ3v) is 5.77. The summed E-state index contributed by atoms with van der Waals surface area (Å²) in [4.78, 5) is 2.21. The van der Waals surface area contributed by atoms with Crippen molar-refractivity contribution in [2.24, 2.45) is 5.92 Å². The summed E-state index contributed by atoms with van der Waals surface area (Å²) < 4.78 is 41.0. The summed E-state index contributed by atoms with van der Waals surface area (Å²) in [6.07, 6.45) is 0. The molecule has 0 amide bonds. The molecular weight excluding hydrogens is 315 g/mol. The summed E-state index contributed by atoms with van der Waals surface area (Å²) in [5.41, 5.74) is 0.447. The summed E-state index contributed by atoms with van der Waals surface area (Å²) in [6, 6.07) is 4.12. The van der Waals surface area contributed by atoms with Crippen LogP contribution < -0.4 is 0 Å². The molecule has 0 atom stereocenters. The summed E-state index contributed by atoms with van der Waals surface area (Å²) in [5.74, 6) is -0.281. The Morgan fingerprint density at radius 2 is 1.74 bits per heavy atom. The Morgan fingerprint density at radius 3 is 2.22 bits per heavy atom. The van der Waals surface area contributed by atoms with E-state index in [0.717, 1.165) is 19.2 Å². The molecule has 1 aromatic rings. The molecule has 0 unspecified atom stereocenters. The molecule has 132 valence electrons. The van der Waals surface area contributed by atoms with Gasteiger partial charge in [0.05, 0.1) is 4.90 Å². The monoisotopic (exact) mass is 344 g/mol. The maximum atomic E-state index is 13.8. The van der Waals surface area contributed by atoms with Crippen LogP contribution in [0.3, 0.4) is 0 Å². The number of hydrogen-bond donors (Lipinski definition) is 0. The second-order valence-corrected chi connectivity index (χ2v) is 8.13. The quantitative estimate of drug-likeness (QED) is 0.691. The zero-order valence-electron chi connectivity index (χ0n) is 14.8. The first-order valence-electron chi connectivity index (χ1n) is 8.21. The molecule has 0 aromatic heterocycles. The molecule has 23 heavy (non-hydrogen) atoms. The summed E-state index contributed by atoms with van der Waals surface area (Å²) >= 11 is 0. The van der Waals surface area contributed by atoms with Gasteiger partial charge in [-0.2, -0.15) is 4.31 Å². The number of hydrogen-bond acceptors (Lipinski definition) is 3. The van der Waals surface area contributed by atoms with Gasteiger partial charge in [0.1, 0.15) is 5.82 Å². The van der Waals surface area contributed by atoms with Crippen molar-refractivity contribution in [3.05, 3.63) is 29.6 Å². The van der Waals surface area contributed by atoms with Gasteiger partial charge in [-0.1, -0.05) is 33.8 Å². The minimum atomic E-state index is -3.68. The van der Waals surface area contributed by atoms with Crippen molar-refractivity contribution in [1.82, 2.24) is 9.21 Å². The van der Waals surface area contributed by atoms with Crippen LogP contribution in [0.25, 0.3) is 0 Å². The Morgan fingerprint density at radius 1 is 1.13 bits per heavy atom. The van der Waals surface area contributed by atoms with Crippen molar-refractivity contribution in [2.45, 2.75) is 39.5 Å². The Labute approximate surface area is 140 Å². The van der Waals surface area contributed by atoms with Crippen molar-refractivity contribution in [3.63, 3.8) is 0 Å². The SMILES string of the molecule is CCN(CC)CCN(CC(C)C)S(=O)(=O)c1ccc(C)c(F)c1. The lowest BCUT2D eigenvalue weighted by molar-refractivity contribution is 0.262. The van der Waals surface area contributed by atoms with Crippen LogP contribution in [0.2, 0.25) is 0 Å². The van der Waals surface area contributed by atoms with Gasteiger partial charge in [0.2, 0.25) is 10.0 Å². The van der Waals surface area contributed by atoms with E-state index in [9.17, 15) is 12.8 Å². The van der Waals surface area contributed by atoms with Crippen LogP contribution in [0.15, 0.2) is 23.1 Å². The van der Waals surface area contributed by atoms with Gasteiger partial charge < -0.3 is 4.90 Å². The lowest BCUT2D eigenvalue weighted by atomic mass is 10.2. The average Bonchev–Trinajstić information content (AvgIpc) is 2.49. The average molecular weight is 344 g/mol. The van der Waals surface area contributed by atoms with Crippen LogP contribution >= 0.6 is 0 Å². The highest BCUT2D eigenvalue weighted by Crippen LogP contribution is 2.20. The van der Waals surface area contributed by atoms with Crippen LogP contribution in [0.5, 0.6) is 0 Å². The van der Waals surface area contributed by atoms with Gasteiger partial charge in [-0.25, -0.2) is 12.8 Å². The Balaban J connectivity index is 3.05. The van der Waals surface area contributed by atoms with Crippen molar-refractivity contribution in [1.29, 1.82) is 0 Å². The molecule has 0 heterocycles. The van der Waals surface area contributed by atoms with E-state index >= 15 is 0 Å².